The first kappa shape index (κ1) is 12.3. The number of nitrogens with zero attached hydrogens (tertiary/aromatic N) is 3. The van der Waals surface area contributed by atoms with E-state index >= 15 is 0 Å². The number of aryl methyl sites for hydroxylation is 2. The number of nitrogens with two attached hydrogens (primary N) is 1. The standard InChI is InChI=1S/C11H18N4OS/c1-8-10(17-9(2)14-8)7-13-11(12)15-3-5-16-6-4-15/h3-7H2,1-2H3,(H2,12,13). The number of aromatic nitrogens is 1. The highest BCUT2D eigenvalue weighted by molar-refractivity contribution is 7.11. The minimum absolute atomic E-state index is 0.610. The Bertz CT molecular complexity index is 410. The van der Waals surface area contributed by atoms with E-state index < -0.39 is 0 Å². The fraction of sp³-hybridized carbons (Fsp3) is 0.636. The van der Waals surface area contributed by atoms with E-state index in [1.165, 1.54) is 4.88 Å². The van der Waals surface area contributed by atoms with Crippen molar-refractivity contribution in [2.45, 2.75) is 20.4 Å². The molecule has 0 radical (unpaired) electrons. The number of hydrogen-bond acceptors (Lipinski definition) is 4. The van der Waals surface area contributed by atoms with Crippen molar-refractivity contribution in [3.63, 3.8) is 0 Å². The minimum atomic E-state index is 0.610. The van der Waals surface area contributed by atoms with Gasteiger partial charge in [-0.2, -0.15) is 0 Å². The minimum Gasteiger partial charge on any atom is -0.378 e. The summed E-state index contributed by atoms with van der Waals surface area (Å²) in [6.45, 7) is 7.77. The number of hydrogen-bond donors (Lipinski definition) is 1. The van der Waals surface area contributed by atoms with Crippen LogP contribution in [0.25, 0.3) is 0 Å². The molecule has 1 aliphatic rings. The molecule has 0 unspecified atom stereocenters. The maximum Gasteiger partial charge on any atom is 0.191 e. The second kappa shape index (κ2) is 5.46. The van der Waals surface area contributed by atoms with E-state index in [2.05, 4.69) is 14.9 Å². The van der Waals surface area contributed by atoms with E-state index in [1.807, 2.05) is 13.8 Å². The summed E-state index contributed by atoms with van der Waals surface area (Å²) in [5.41, 5.74) is 7.02. The topological polar surface area (TPSA) is 63.7 Å². The molecule has 1 fully saturated rings. The molecule has 0 saturated carbocycles. The van der Waals surface area contributed by atoms with Crippen molar-refractivity contribution < 1.29 is 4.74 Å². The molecule has 0 spiro atoms. The molecular weight excluding hydrogens is 236 g/mol. The van der Waals surface area contributed by atoms with Gasteiger partial charge in [-0.25, -0.2) is 9.98 Å². The van der Waals surface area contributed by atoms with E-state index in [9.17, 15) is 0 Å². The van der Waals surface area contributed by atoms with Crippen LogP contribution in [-0.2, 0) is 11.3 Å². The van der Waals surface area contributed by atoms with Crippen LogP contribution >= 0.6 is 11.3 Å². The number of morpholine rings is 1. The Morgan fingerprint density at radius 3 is 2.76 bits per heavy atom. The van der Waals surface area contributed by atoms with Gasteiger partial charge in [-0.15, -0.1) is 11.3 Å². The molecule has 0 aliphatic carbocycles. The third-order valence-corrected chi connectivity index (χ3v) is 3.78. The molecular formula is C11H18N4OS. The molecule has 0 atom stereocenters. The van der Waals surface area contributed by atoms with E-state index in [0.29, 0.717) is 12.5 Å². The molecule has 1 aliphatic heterocycles. The monoisotopic (exact) mass is 254 g/mol. The van der Waals surface area contributed by atoms with Gasteiger partial charge in [0.25, 0.3) is 0 Å². The number of ether oxygens (including phenoxy) is 1. The predicted octanol–water partition coefficient (Wildman–Crippen LogP) is 0.907. The Morgan fingerprint density at radius 1 is 1.47 bits per heavy atom. The lowest BCUT2D eigenvalue weighted by Crippen LogP contribution is -2.44. The zero-order valence-corrected chi connectivity index (χ0v) is 11.1. The summed E-state index contributed by atoms with van der Waals surface area (Å²) in [6.07, 6.45) is 0. The molecule has 0 amide bonds. The van der Waals surface area contributed by atoms with Crippen molar-refractivity contribution in [2.75, 3.05) is 26.3 Å². The normalized spacial score (nSPS) is 17.5. The molecule has 0 bridgehead atoms. The first-order chi connectivity index (χ1) is 8.16. The predicted molar refractivity (Wildman–Crippen MR) is 69.3 cm³/mol. The highest BCUT2D eigenvalue weighted by Crippen LogP contribution is 2.17. The fourth-order valence-electron chi connectivity index (χ4n) is 1.77. The average Bonchev–Trinajstić information content (AvgIpc) is 2.66. The summed E-state index contributed by atoms with van der Waals surface area (Å²) in [6, 6.07) is 0. The maximum atomic E-state index is 5.96. The van der Waals surface area contributed by atoms with Gasteiger partial charge in [-0.05, 0) is 13.8 Å². The van der Waals surface area contributed by atoms with Crippen LogP contribution in [0.3, 0.4) is 0 Å². The van der Waals surface area contributed by atoms with Crippen LogP contribution in [0.4, 0.5) is 0 Å². The van der Waals surface area contributed by atoms with Gasteiger partial charge in [0.2, 0.25) is 0 Å². The lowest BCUT2D eigenvalue weighted by molar-refractivity contribution is 0.0674. The maximum absolute atomic E-state index is 5.96. The van der Waals surface area contributed by atoms with Crippen molar-refractivity contribution in [1.29, 1.82) is 0 Å². The zero-order valence-electron chi connectivity index (χ0n) is 10.3. The molecule has 2 rings (SSSR count). The smallest absolute Gasteiger partial charge is 0.191 e. The molecule has 0 aromatic carbocycles. The molecule has 5 nitrogen and oxygen atoms in total. The Hall–Kier alpha value is -1.14. The van der Waals surface area contributed by atoms with Crippen molar-refractivity contribution in [2.24, 2.45) is 10.7 Å². The zero-order chi connectivity index (χ0) is 12.3. The van der Waals surface area contributed by atoms with E-state index in [-0.39, 0.29) is 0 Å². The number of guanidine groups is 1. The molecule has 6 heteroatoms. The SMILES string of the molecule is Cc1nc(C)c(CN=C(N)N2CCOCC2)s1. The van der Waals surface area contributed by atoms with Gasteiger partial charge in [-0.3, -0.25) is 0 Å². The van der Waals surface area contributed by atoms with Gasteiger partial charge in [0, 0.05) is 18.0 Å². The molecule has 94 valence electrons. The quantitative estimate of drug-likeness (QED) is 0.629. The Labute approximate surface area is 105 Å². The molecule has 1 aromatic heterocycles. The van der Waals surface area contributed by atoms with Gasteiger partial charge in [-0.1, -0.05) is 0 Å². The van der Waals surface area contributed by atoms with Crippen molar-refractivity contribution >= 4 is 17.3 Å². The molecule has 17 heavy (non-hydrogen) atoms. The summed E-state index contributed by atoms with van der Waals surface area (Å²) in [5.74, 6) is 0.610. The fourth-order valence-corrected chi connectivity index (χ4v) is 2.63. The van der Waals surface area contributed by atoms with Gasteiger partial charge in [0.05, 0.1) is 30.5 Å². The third kappa shape index (κ3) is 3.17. The highest BCUT2D eigenvalue weighted by atomic mass is 32.1. The Kier molecular flexibility index (Phi) is 3.96. The summed E-state index contributed by atoms with van der Waals surface area (Å²) < 4.78 is 5.27. The number of aliphatic imine (C=N–C) groups is 1. The molecule has 1 aromatic rings. The van der Waals surface area contributed by atoms with E-state index in [0.717, 1.165) is 37.0 Å². The van der Waals surface area contributed by atoms with Crippen molar-refractivity contribution in [3.8, 4) is 0 Å². The molecule has 1 saturated heterocycles. The van der Waals surface area contributed by atoms with Gasteiger partial charge < -0.3 is 15.4 Å². The second-order valence-corrected chi connectivity index (χ2v) is 5.30. The van der Waals surface area contributed by atoms with Gasteiger partial charge in [0.15, 0.2) is 5.96 Å². The van der Waals surface area contributed by atoms with Crippen LogP contribution in [0.1, 0.15) is 15.6 Å². The summed E-state index contributed by atoms with van der Waals surface area (Å²) in [7, 11) is 0. The van der Waals surface area contributed by atoms with Crippen LogP contribution in [0.15, 0.2) is 4.99 Å². The Morgan fingerprint density at radius 2 is 2.18 bits per heavy atom. The van der Waals surface area contributed by atoms with E-state index in [1.54, 1.807) is 11.3 Å². The van der Waals surface area contributed by atoms with Crippen LogP contribution in [0, 0.1) is 13.8 Å². The van der Waals surface area contributed by atoms with Gasteiger partial charge >= 0.3 is 0 Å². The van der Waals surface area contributed by atoms with Gasteiger partial charge in [0.1, 0.15) is 0 Å². The summed E-state index contributed by atoms with van der Waals surface area (Å²) >= 11 is 1.69. The highest BCUT2D eigenvalue weighted by Gasteiger charge is 2.12. The lowest BCUT2D eigenvalue weighted by atomic mass is 10.4. The average molecular weight is 254 g/mol. The van der Waals surface area contributed by atoms with Crippen LogP contribution in [0.2, 0.25) is 0 Å². The van der Waals surface area contributed by atoms with Crippen molar-refractivity contribution in [1.82, 2.24) is 9.88 Å². The third-order valence-electron chi connectivity index (χ3n) is 2.72. The summed E-state index contributed by atoms with van der Waals surface area (Å²) in [5, 5.41) is 1.08. The first-order valence-corrected chi connectivity index (χ1v) is 6.54. The molecule has 2 N–H and O–H groups in total. The van der Waals surface area contributed by atoms with Crippen LogP contribution in [0.5, 0.6) is 0 Å². The summed E-state index contributed by atoms with van der Waals surface area (Å²) in [4.78, 5) is 12.1. The number of rotatable bonds is 2. The Balaban J connectivity index is 1.97. The number of thiazole rings is 1. The lowest BCUT2D eigenvalue weighted by Gasteiger charge is -2.27. The first-order valence-electron chi connectivity index (χ1n) is 5.72. The van der Waals surface area contributed by atoms with Crippen LogP contribution < -0.4 is 5.73 Å². The van der Waals surface area contributed by atoms with Crippen molar-refractivity contribution in [3.05, 3.63) is 15.6 Å². The largest absolute Gasteiger partial charge is 0.378 e. The second-order valence-electron chi connectivity index (χ2n) is 4.02. The van der Waals surface area contributed by atoms with E-state index in [4.69, 9.17) is 10.5 Å². The molecule has 2 heterocycles. The van der Waals surface area contributed by atoms with Crippen LogP contribution in [-0.4, -0.2) is 42.1 Å².